The lowest BCUT2D eigenvalue weighted by Crippen LogP contribution is -2.41. The van der Waals surface area contributed by atoms with Crippen molar-refractivity contribution in [2.75, 3.05) is 0 Å². The first-order chi connectivity index (χ1) is 60.7. The average molecular weight is 1640 g/mol. The predicted molar refractivity (Wildman–Crippen MR) is 477 cm³/mol. The van der Waals surface area contributed by atoms with Gasteiger partial charge in [-0.1, -0.05) is 97.1 Å². The maximum Gasteiger partial charge on any atom is 0.494 e. The van der Waals surface area contributed by atoms with Gasteiger partial charge in [-0.2, -0.15) is 9.97 Å². The molecule has 20 aromatic rings. The SMILES string of the molecule is CC1(C)OB(c2ccc(-c3nc4ccccc4o3)cc2)OC1(C)C.Clc1nc(-c2cc(-c3ccccn3)nc(-c3ccccn3)c2)nc(-c2cc(-c3ccccn3)nc(-c3ccccn3)c2)n1.c1ccc(-c2cc(-c3nc(-c4ccc(-c5nc6ccccc6o5)cc4)nc(-c4cc(-c5ccccn5)nc(-c5ccccn5)c4)n3)cc(-c3ccccn3)n2)nc1. The molecule has 16 aromatic heterocycles. The van der Waals surface area contributed by atoms with Gasteiger partial charge in [0.2, 0.25) is 17.1 Å². The molecule has 0 N–H and O–H groups in total. The Labute approximate surface area is 715 Å². The van der Waals surface area contributed by atoms with Crippen LogP contribution in [0, 0.1) is 0 Å². The third-order valence-electron chi connectivity index (χ3n) is 20.7. The third-order valence-corrected chi connectivity index (χ3v) is 20.8. The van der Waals surface area contributed by atoms with E-state index in [0.717, 1.165) is 44.4 Å². The second kappa shape index (κ2) is 34.3. The molecule has 0 saturated carbocycles. The summed E-state index contributed by atoms with van der Waals surface area (Å²) in [6.07, 6.45) is 13.9. The van der Waals surface area contributed by atoms with Crippen molar-refractivity contribution in [3.05, 3.63) is 346 Å². The summed E-state index contributed by atoms with van der Waals surface area (Å²) in [6.45, 7) is 8.22. The molecule has 0 aliphatic carbocycles. The molecule has 0 spiro atoms. The fraction of sp³-hybridized carbons (Fsp3) is 0.0612. The van der Waals surface area contributed by atoms with Crippen molar-refractivity contribution in [2.45, 2.75) is 38.9 Å². The van der Waals surface area contributed by atoms with Gasteiger partial charge in [0.15, 0.2) is 40.3 Å². The van der Waals surface area contributed by atoms with Gasteiger partial charge in [0, 0.05) is 88.5 Å². The van der Waals surface area contributed by atoms with Gasteiger partial charge in [0.25, 0.3) is 0 Å². The van der Waals surface area contributed by atoms with E-state index in [2.05, 4.69) is 87.5 Å². The van der Waals surface area contributed by atoms with Crippen LogP contribution in [-0.4, -0.2) is 118 Å². The second-order valence-corrected chi connectivity index (χ2v) is 29.9. The molecule has 594 valence electrons. The molecule has 26 heteroatoms. The summed E-state index contributed by atoms with van der Waals surface area (Å²) in [5.41, 5.74) is 19.7. The number of oxazole rings is 2. The van der Waals surface area contributed by atoms with Gasteiger partial charge in [-0.3, -0.25) is 39.9 Å². The summed E-state index contributed by atoms with van der Waals surface area (Å²) in [5.74, 6) is 3.24. The molecule has 0 unspecified atom stereocenters. The first-order valence-corrected chi connectivity index (χ1v) is 40.0. The Hall–Kier alpha value is -16.1. The lowest BCUT2D eigenvalue weighted by atomic mass is 9.79. The van der Waals surface area contributed by atoms with Crippen molar-refractivity contribution in [2.24, 2.45) is 0 Å². The largest absolute Gasteiger partial charge is 0.494 e. The maximum atomic E-state index is 6.53. The van der Waals surface area contributed by atoms with Crippen LogP contribution in [0.4, 0.5) is 0 Å². The van der Waals surface area contributed by atoms with E-state index >= 15 is 0 Å². The normalized spacial score (nSPS) is 12.6. The van der Waals surface area contributed by atoms with Gasteiger partial charge in [0.05, 0.1) is 102 Å². The average Bonchev–Trinajstić information content (AvgIpc) is 1.04. The van der Waals surface area contributed by atoms with Gasteiger partial charge in [-0.05, 0) is 239 Å². The van der Waals surface area contributed by atoms with Gasteiger partial charge in [-0.25, -0.2) is 49.8 Å². The van der Waals surface area contributed by atoms with Crippen molar-refractivity contribution in [1.29, 1.82) is 0 Å². The van der Waals surface area contributed by atoms with Crippen LogP contribution in [0.2, 0.25) is 5.28 Å². The Morgan fingerprint density at radius 1 is 0.226 bits per heavy atom. The van der Waals surface area contributed by atoms with Crippen molar-refractivity contribution in [3.8, 4) is 171 Å². The van der Waals surface area contributed by atoms with E-state index in [-0.39, 0.29) is 23.6 Å². The summed E-state index contributed by atoms with van der Waals surface area (Å²) in [6, 6.07) is 92.2. The van der Waals surface area contributed by atoms with E-state index < -0.39 is 0 Å². The van der Waals surface area contributed by atoms with Crippen LogP contribution in [0.3, 0.4) is 0 Å². The number of fused-ring (bicyclic) bond motifs is 2. The number of pyridine rings is 12. The molecule has 17 heterocycles. The molecule has 1 aliphatic rings. The minimum Gasteiger partial charge on any atom is -0.436 e. The number of hydrogen-bond acceptors (Lipinski definition) is 24. The molecular weight excluding hydrogens is 1570 g/mol. The highest BCUT2D eigenvalue weighted by Crippen LogP contribution is 2.39. The quantitative estimate of drug-likeness (QED) is 0.0811. The highest BCUT2D eigenvalue weighted by atomic mass is 35.5. The predicted octanol–water partition coefficient (Wildman–Crippen LogP) is 20.4. The lowest BCUT2D eigenvalue weighted by molar-refractivity contribution is 0.00578. The molecule has 24 nitrogen and oxygen atoms in total. The van der Waals surface area contributed by atoms with Crippen LogP contribution in [0.5, 0.6) is 0 Å². The van der Waals surface area contributed by atoms with Crippen molar-refractivity contribution >= 4 is 46.4 Å². The zero-order valence-electron chi connectivity index (χ0n) is 66.9. The first kappa shape index (κ1) is 77.8. The molecule has 0 bridgehead atoms. The van der Waals surface area contributed by atoms with Crippen molar-refractivity contribution in [1.82, 2.24) is 99.7 Å². The molecule has 4 aromatic carbocycles. The molecule has 0 atom stereocenters. The van der Waals surface area contributed by atoms with E-state index in [1.807, 2.05) is 291 Å². The number of halogens is 1. The topological polar surface area (TPSA) is 303 Å². The van der Waals surface area contributed by atoms with Gasteiger partial charge < -0.3 is 18.1 Å². The summed E-state index contributed by atoms with van der Waals surface area (Å²) < 4.78 is 24.0. The number of hydrogen-bond donors (Lipinski definition) is 0. The van der Waals surface area contributed by atoms with Crippen LogP contribution in [-0.2, 0) is 9.31 Å². The second-order valence-electron chi connectivity index (χ2n) is 29.5. The molecule has 1 saturated heterocycles. The van der Waals surface area contributed by atoms with Crippen molar-refractivity contribution in [3.63, 3.8) is 0 Å². The van der Waals surface area contributed by atoms with Gasteiger partial charge >= 0.3 is 7.12 Å². The highest BCUT2D eigenvalue weighted by Gasteiger charge is 2.51. The zero-order valence-corrected chi connectivity index (χ0v) is 67.6. The molecule has 0 radical (unpaired) electrons. The van der Waals surface area contributed by atoms with Crippen LogP contribution in [0.15, 0.2) is 350 Å². The summed E-state index contributed by atoms with van der Waals surface area (Å²) in [7, 11) is -0.354. The minimum atomic E-state index is -0.354. The monoisotopic (exact) mass is 1630 g/mol. The fourth-order valence-electron chi connectivity index (χ4n) is 13.7. The van der Waals surface area contributed by atoms with E-state index in [4.69, 9.17) is 69.6 Å². The van der Waals surface area contributed by atoms with E-state index in [1.54, 1.807) is 49.6 Å². The third kappa shape index (κ3) is 17.1. The summed E-state index contributed by atoms with van der Waals surface area (Å²) in [5, 5.41) is 0.0474. The van der Waals surface area contributed by atoms with Gasteiger partial charge in [-0.15, -0.1) is 0 Å². The molecule has 0 amide bonds. The molecule has 21 rings (SSSR count). The summed E-state index contributed by atoms with van der Waals surface area (Å²) >= 11 is 6.53. The molecule has 1 fully saturated rings. The molecule has 124 heavy (non-hydrogen) atoms. The van der Waals surface area contributed by atoms with Crippen LogP contribution in [0.25, 0.3) is 193 Å². The van der Waals surface area contributed by atoms with Crippen molar-refractivity contribution < 1.29 is 18.1 Å². The Balaban J connectivity index is 0.000000132. The van der Waals surface area contributed by atoms with Crippen LogP contribution in [0.1, 0.15) is 27.7 Å². The molecular formula is C98H68BClN20O4. The smallest absolute Gasteiger partial charge is 0.436 e. The molecule has 1 aliphatic heterocycles. The van der Waals surface area contributed by atoms with Crippen LogP contribution < -0.4 is 5.46 Å². The Morgan fingerprint density at radius 2 is 0.460 bits per heavy atom. The Kier molecular flexibility index (Phi) is 21.5. The van der Waals surface area contributed by atoms with E-state index in [1.165, 1.54) is 0 Å². The standard InChI is InChI=1S/C46H28N10O.C33H20ClN9.C19H20BNO3/c1-2-16-42-37(15-1)53-46(57-42)30-19-17-29(18-20-30)43-54-44(31-25-38(33-11-3-7-21-47-33)51-39(26-31)34-12-4-8-22-48-34)56-45(55-43)32-27-40(35-13-5-9-23-49-35)52-41(28-32)36-14-6-10-24-50-36;34-33-42-31(21-17-27(23-9-1-5-13-35-23)39-28(18-21)24-10-2-6-14-36-24)41-32(43-33)22-19-29(25-11-3-7-15-37-25)40-30(20-22)26-12-4-8-16-38-26;1-18(2)19(3,4)24-20(23-18)14-11-9-13(10-12-14)17-21-15-7-5-6-8-16(15)22-17/h1-28H;1-20H;5-12H,1-4H3. The first-order valence-electron chi connectivity index (χ1n) is 39.6. The van der Waals surface area contributed by atoms with E-state index in [9.17, 15) is 0 Å². The van der Waals surface area contributed by atoms with Crippen LogP contribution >= 0.6 is 11.6 Å². The number of aromatic nitrogens is 20. The van der Waals surface area contributed by atoms with E-state index in [0.29, 0.717) is 154 Å². The lowest BCUT2D eigenvalue weighted by Gasteiger charge is -2.32. The number of benzene rings is 4. The van der Waals surface area contributed by atoms with Gasteiger partial charge in [0.1, 0.15) is 11.0 Å². The fourth-order valence-corrected chi connectivity index (χ4v) is 13.8. The highest BCUT2D eigenvalue weighted by molar-refractivity contribution is 6.62. The number of para-hydroxylation sites is 4. The minimum absolute atomic E-state index is 0.0474. The Bertz CT molecular complexity index is 6590. The number of rotatable bonds is 16. The maximum absolute atomic E-state index is 6.53. The zero-order chi connectivity index (χ0) is 83.9. The number of nitrogens with zero attached hydrogens (tertiary/aromatic N) is 20. The Morgan fingerprint density at radius 3 is 0.718 bits per heavy atom. The summed E-state index contributed by atoms with van der Waals surface area (Å²) in [4.78, 5) is 94.4.